The number of aldehydes is 1. The minimum atomic E-state index is -0.136. The Morgan fingerprint density at radius 3 is 2.67 bits per heavy atom. The molecule has 0 aliphatic rings. The zero-order chi connectivity index (χ0) is 25.7. The third kappa shape index (κ3) is 5.64. The van der Waals surface area contributed by atoms with Crippen molar-refractivity contribution in [3.63, 3.8) is 0 Å². The molecule has 0 bridgehead atoms. The van der Waals surface area contributed by atoms with Gasteiger partial charge in [0.1, 0.15) is 18.4 Å². The van der Waals surface area contributed by atoms with Crippen molar-refractivity contribution in [2.75, 3.05) is 39.7 Å². The van der Waals surface area contributed by atoms with Crippen LogP contribution in [-0.2, 0) is 11.2 Å². The van der Waals surface area contributed by atoms with Crippen molar-refractivity contribution in [1.29, 1.82) is 0 Å². The lowest BCUT2D eigenvalue weighted by atomic mass is 10.1. The number of carbonyl (C=O) groups is 1. The van der Waals surface area contributed by atoms with Crippen LogP contribution in [0.15, 0.2) is 48.8 Å². The number of hydrogen-bond acceptors (Lipinski definition) is 9. The molecule has 4 aromatic rings. The fraction of sp³-hybridized carbons (Fsp3) is 0.231. The molecule has 0 saturated carbocycles. The van der Waals surface area contributed by atoms with Crippen LogP contribution in [0.5, 0.6) is 17.4 Å². The molecule has 4 rings (SSSR count). The first-order valence-electron chi connectivity index (χ1n) is 11.2. The molecule has 0 amide bonds. The van der Waals surface area contributed by atoms with Crippen molar-refractivity contribution in [3.8, 4) is 28.6 Å². The molecule has 0 aliphatic heterocycles. The summed E-state index contributed by atoms with van der Waals surface area (Å²) in [7, 11) is 5.41. The maximum atomic E-state index is 11.4. The van der Waals surface area contributed by atoms with Crippen LogP contribution in [0, 0.1) is 0 Å². The molecule has 0 fully saturated rings. The number of fused-ring (bicyclic) bond motifs is 1. The Morgan fingerprint density at radius 2 is 1.97 bits per heavy atom. The number of benzene rings is 1. The van der Waals surface area contributed by atoms with Gasteiger partial charge in [-0.25, -0.2) is 9.97 Å². The van der Waals surface area contributed by atoms with Crippen molar-refractivity contribution < 1.29 is 19.4 Å². The van der Waals surface area contributed by atoms with Crippen LogP contribution in [-0.4, -0.2) is 65.6 Å². The zero-order valence-corrected chi connectivity index (χ0v) is 20.9. The number of hydrogen-bond donors (Lipinski definition) is 2. The van der Waals surface area contributed by atoms with E-state index in [1.54, 1.807) is 30.6 Å². The first-order chi connectivity index (χ1) is 17.4. The third-order valence-electron chi connectivity index (χ3n) is 5.43. The van der Waals surface area contributed by atoms with Gasteiger partial charge in [-0.15, -0.1) is 0 Å². The van der Waals surface area contributed by atoms with Crippen molar-refractivity contribution in [2.24, 2.45) is 0 Å². The minimum Gasteiger partial charge on any atom is -0.503 e. The molecule has 9 nitrogen and oxygen atoms in total. The Bertz CT molecular complexity index is 1380. The van der Waals surface area contributed by atoms with E-state index in [1.807, 2.05) is 37.2 Å². The van der Waals surface area contributed by atoms with Gasteiger partial charge in [0.25, 0.3) is 0 Å². The number of ether oxygens (including phenoxy) is 2. The molecule has 2 N–H and O–H groups in total. The van der Waals surface area contributed by atoms with Gasteiger partial charge in [-0.3, -0.25) is 4.98 Å². The van der Waals surface area contributed by atoms with Crippen LogP contribution >= 0.6 is 11.6 Å². The second-order valence-electron chi connectivity index (χ2n) is 8.26. The monoisotopic (exact) mass is 507 g/mol. The Labute approximate surface area is 213 Å². The number of phenolic OH excluding ortho intramolecular Hbond substituents is 1. The van der Waals surface area contributed by atoms with Crippen LogP contribution in [0.2, 0.25) is 5.02 Å². The van der Waals surface area contributed by atoms with E-state index in [0.717, 1.165) is 12.8 Å². The summed E-state index contributed by atoms with van der Waals surface area (Å²) in [5, 5.41) is 13.6. The van der Waals surface area contributed by atoms with E-state index < -0.39 is 0 Å². The molecular formula is C26H26ClN5O4. The molecule has 0 saturated heterocycles. The topological polar surface area (TPSA) is 110 Å². The van der Waals surface area contributed by atoms with E-state index in [1.165, 1.54) is 7.11 Å². The normalized spacial score (nSPS) is 11.0. The fourth-order valence-electron chi connectivity index (χ4n) is 3.54. The van der Waals surface area contributed by atoms with Crippen LogP contribution in [0.1, 0.15) is 5.56 Å². The molecule has 3 heterocycles. The zero-order valence-electron chi connectivity index (χ0n) is 20.2. The standard InChI is InChI=1S/C26H26ClN5O4/c1-32(2)9-11-36-23-7-4-18(15-29-23)30-24-16(8-10-33)14-28-21-6-5-20(31-25(21)24)17-12-19(27)26(34)22(13-17)35-3/h4-7,10,12-15,34H,8-9,11H2,1-3H3,(H,28,30). The SMILES string of the molecule is COc1cc(-c2ccc3ncc(CC=O)c(Nc4ccc(OCCN(C)C)nc4)c3n2)cc(Cl)c1O. The average molecular weight is 508 g/mol. The number of aromatic nitrogens is 3. The van der Waals surface area contributed by atoms with Gasteiger partial charge in [-0.2, -0.15) is 0 Å². The van der Waals surface area contributed by atoms with Gasteiger partial charge >= 0.3 is 0 Å². The Kier molecular flexibility index (Phi) is 7.82. The van der Waals surface area contributed by atoms with Crippen LogP contribution in [0.3, 0.4) is 0 Å². The Balaban J connectivity index is 1.71. The molecule has 0 unspecified atom stereocenters. The third-order valence-corrected chi connectivity index (χ3v) is 5.72. The number of rotatable bonds is 10. The number of carbonyl (C=O) groups excluding carboxylic acids is 1. The smallest absolute Gasteiger partial charge is 0.213 e. The lowest BCUT2D eigenvalue weighted by Gasteiger charge is -2.15. The second-order valence-corrected chi connectivity index (χ2v) is 8.67. The summed E-state index contributed by atoms with van der Waals surface area (Å²) in [5.74, 6) is 0.626. The average Bonchev–Trinajstić information content (AvgIpc) is 2.87. The number of likely N-dealkylation sites (N-methyl/N-ethyl adjacent to an activating group) is 1. The highest BCUT2D eigenvalue weighted by Gasteiger charge is 2.15. The van der Waals surface area contributed by atoms with Gasteiger partial charge in [-0.05, 0) is 44.4 Å². The van der Waals surface area contributed by atoms with E-state index in [4.69, 9.17) is 26.1 Å². The van der Waals surface area contributed by atoms with Crippen LogP contribution in [0.4, 0.5) is 11.4 Å². The second kappa shape index (κ2) is 11.2. The number of halogens is 1. The Hall–Kier alpha value is -3.95. The summed E-state index contributed by atoms with van der Waals surface area (Å²) in [4.78, 5) is 27.1. The predicted octanol–water partition coefficient (Wildman–Crippen LogP) is 4.48. The van der Waals surface area contributed by atoms with E-state index in [0.29, 0.717) is 51.7 Å². The predicted molar refractivity (Wildman–Crippen MR) is 140 cm³/mol. The number of anilines is 2. The molecular weight excluding hydrogens is 482 g/mol. The first-order valence-corrected chi connectivity index (χ1v) is 11.6. The summed E-state index contributed by atoms with van der Waals surface area (Å²) in [6.07, 6.45) is 4.31. The summed E-state index contributed by atoms with van der Waals surface area (Å²) in [5.41, 5.74) is 4.51. The molecule has 36 heavy (non-hydrogen) atoms. The Morgan fingerprint density at radius 1 is 1.14 bits per heavy atom. The van der Waals surface area contributed by atoms with Crippen molar-refractivity contribution in [3.05, 3.63) is 59.4 Å². The number of methoxy groups -OCH3 is 1. The highest BCUT2D eigenvalue weighted by molar-refractivity contribution is 6.32. The van der Waals surface area contributed by atoms with Gasteiger partial charge in [0.15, 0.2) is 11.5 Å². The van der Waals surface area contributed by atoms with E-state index in [2.05, 4.69) is 15.3 Å². The van der Waals surface area contributed by atoms with E-state index >= 15 is 0 Å². The van der Waals surface area contributed by atoms with Gasteiger partial charge in [0, 0.05) is 36.4 Å². The number of aromatic hydroxyl groups is 1. The molecule has 3 aromatic heterocycles. The van der Waals surface area contributed by atoms with Crippen molar-refractivity contribution in [1.82, 2.24) is 19.9 Å². The maximum Gasteiger partial charge on any atom is 0.213 e. The number of phenols is 1. The number of pyridine rings is 3. The van der Waals surface area contributed by atoms with E-state index in [-0.39, 0.29) is 22.9 Å². The highest BCUT2D eigenvalue weighted by atomic mass is 35.5. The van der Waals surface area contributed by atoms with Crippen LogP contribution < -0.4 is 14.8 Å². The van der Waals surface area contributed by atoms with Gasteiger partial charge in [0.05, 0.1) is 40.9 Å². The molecule has 10 heteroatoms. The summed E-state index contributed by atoms with van der Waals surface area (Å²) >= 11 is 6.19. The summed E-state index contributed by atoms with van der Waals surface area (Å²) in [6.45, 7) is 1.32. The highest BCUT2D eigenvalue weighted by Crippen LogP contribution is 2.39. The number of nitrogens with zero attached hydrogens (tertiary/aromatic N) is 4. The minimum absolute atomic E-state index is 0.136. The largest absolute Gasteiger partial charge is 0.503 e. The lowest BCUT2D eigenvalue weighted by Crippen LogP contribution is -2.19. The van der Waals surface area contributed by atoms with Crippen molar-refractivity contribution >= 4 is 40.3 Å². The quantitative estimate of drug-likeness (QED) is 0.300. The number of nitrogens with one attached hydrogen (secondary N) is 1. The van der Waals surface area contributed by atoms with Crippen LogP contribution in [0.25, 0.3) is 22.3 Å². The molecule has 0 aliphatic carbocycles. The van der Waals surface area contributed by atoms with Gasteiger partial charge in [-0.1, -0.05) is 11.6 Å². The van der Waals surface area contributed by atoms with E-state index in [9.17, 15) is 9.90 Å². The molecule has 186 valence electrons. The maximum absolute atomic E-state index is 11.4. The summed E-state index contributed by atoms with van der Waals surface area (Å²) in [6, 6.07) is 10.5. The van der Waals surface area contributed by atoms with Crippen molar-refractivity contribution in [2.45, 2.75) is 6.42 Å². The molecule has 1 aromatic carbocycles. The summed E-state index contributed by atoms with van der Waals surface area (Å²) < 4.78 is 10.9. The molecule has 0 spiro atoms. The van der Waals surface area contributed by atoms with Gasteiger partial charge in [0.2, 0.25) is 5.88 Å². The fourth-order valence-corrected chi connectivity index (χ4v) is 3.75. The van der Waals surface area contributed by atoms with Gasteiger partial charge < -0.3 is 29.6 Å². The lowest BCUT2D eigenvalue weighted by molar-refractivity contribution is -0.107. The molecule has 0 atom stereocenters. The first kappa shape index (κ1) is 25.2. The molecule has 0 radical (unpaired) electrons.